The lowest BCUT2D eigenvalue weighted by molar-refractivity contribution is -0.116. The second-order valence-corrected chi connectivity index (χ2v) is 7.54. The predicted molar refractivity (Wildman–Crippen MR) is 113 cm³/mol. The lowest BCUT2D eigenvalue weighted by Crippen LogP contribution is -2.47. The molecule has 0 saturated heterocycles. The third-order valence-electron chi connectivity index (χ3n) is 5.61. The molecule has 1 spiro atoms. The molecule has 0 radical (unpaired) electrons. The highest BCUT2D eigenvalue weighted by Gasteiger charge is 2.48. The summed E-state index contributed by atoms with van der Waals surface area (Å²) in [4.78, 5) is 12.7. The van der Waals surface area contributed by atoms with Gasteiger partial charge in [0.05, 0.1) is 16.1 Å². The lowest BCUT2D eigenvalue weighted by atomic mass is 9.75. The number of carbonyl (C=O) groups is 1. The molecule has 2 aliphatic rings. The number of halogens is 1. The first-order chi connectivity index (χ1) is 12.9. The average Bonchev–Trinajstić information content (AvgIpc) is 2.88. The van der Waals surface area contributed by atoms with E-state index in [1.807, 2.05) is 26.8 Å². The Balaban J connectivity index is 0.00000126. The first kappa shape index (κ1) is 21.4. The van der Waals surface area contributed by atoms with Gasteiger partial charge in [-0.15, -0.1) is 5.92 Å². The van der Waals surface area contributed by atoms with Crippen molar-refractivity contribution in [2.75, 3.05) is 0 Å². The van der Waals surface area contributed by atoms with Crippen LogP contribution in [-0.2, 0) is 4.79 Å². The normalized spacial score (nSPS) is 24.1. The molecule has 1 aliphatic heterocycles. The van der Waals surface area contributed by atoms with Gasteiger partial charge in [-0.25, -0.2) is 0 Å². The first-order valence-electron chi connectivity index (χ1n) is 9.91. The molecule has 0 bridgehead atoms. The number of aliphatic hydroxyl groups is 1. The van der Waals surface area contributed by atoms with Gasteiger partial charge in [0.15, 0.2) is 0 Å². The Morgan fingerprint density at radius 2 is 1.93 bits per heavy atom. The number of hydrogen-bond acceptors (Lipinski definition) is 2. The van der Waals surface area contributed by atoms with E-state index >= 15 is 0 Å². The molecule has 1 amide bonds. The summed E-state index contributed by atoms with van der Waals surface area (Å²) < 4.78 is 0. The van der Waals surface area contributed by atoms with E-state index in [-0.39, 0.29) is 11.7 Å². The molecule has 2 N–H and O–H groups in total. The summed E-state index contributed by atoms with van der Waals surface area (Å²) in [6.07, 6.45) is 4.75. The molecule has 3 rings (SSSR count). The third-order valence-corrected chi connectivity index (χ3v) is 5.91. The standard InChI is InChI=1S/C21H24ClNO2.C2H6/c1-4-6-15-11-13(3)17(16(22)12-15)18-19(24)21(23-20(18)25)9-7-14(5-2)8-10-21;1-2/h11-12,14,24H,5,7-10H2,1-3H3,(H,23,25);1-2H3. The minimum atomic E-state index is -0.615. The summed E-state index contributed by atoms with van der Waals surface area (Å²) in [6, 6.07) is 3.66. The van der Waals surface area contributed by atoms with Gasteiger partial charge >= 0.3 is 0 Å². The molecule has 1 aliphatic carbocycles. The summed E-state index contributed by atoms with van der Waals surface area (Å²) in [7, 11) is 0. The van der Waals surface area contributed by atoms with E-state index in [4.69, 9.17) is 11.6 Å². The molecule has 1 saturated carbocycles. The van der Waals surface area contributed by atoms with Gasteiger partial charge in [-0.05, 0) is 63.1 Å². The Kier molecular flexibility index (Phi) is 7.00. The maximum atomic E-state index is 12.7. The Morgan fingerprint density at radius 1 is 1.30 bits per heavy atom. The van der Waals surface area contributed by atoms with Crippen LogP contribution in [0.3, 0.4) is 0 Å². The Morgan fingerprint density at radius 3 is 2.44 bits per heavy atom. The van der Waals surface area contributed by atoms with Gasteiger partial charge in [-0.2, -0.15) is 0 Å². The van der Waals surface area contributed by atoms with Gasteiger partial charge in [0.25, 0.3) is 5.91 Å². The molecule has 27 heavy (non-hydrogen) atoms. The van der Waals surface area contributed by atoms with Gasteiger partial charge in [0, 0.05) is 11.1 Å². The smallest absolute Gasteiger partial charge is 0.256 e. The van der Waals surface area contributed by atoms with Crippen LogP contribution in [0, 0.1) is 24.7 Å². The molecular weight excluding hydrogens is 358 g/mol. The highest BCUT2D eigenvalue weighted by Crippen LogP contribution is 2.45. The van der Waals surface area contributed by atoms with E-state index in [1.165, 1.54) is 0 Å². The Bertz CT molecular complexity index is 782. The molecular formula is C23H30ClNO2. The second kappa shape index (κ2) is 8.85. The van der Waals surface area contributed by atoms with Gasteiger partial charge in [0.1, 0.15) is 5.76 Å². The maximum Gasteiger partial charge on any atom is 0.256 e. The van der Waals surface area contributed by atoms with Crippen molar-refractivity contribution in [2.24, 2.45) is 5.92 Å². The van der Waals surface area contributed by atoms with Crippen LogP contribution in [0.4, 0.5) is 0 Å². The van der Waals surface area contributed by atoms with Gasteiger partial charge in [0.2, 0.25) is 0 Å². The summed E-state index contributed by atoms with van der Waals surface area (Å²) in [5, 5.41) is 14.5. The Hall–Kier alpha value is -1.92. The number of amides is 1. The molecule has 0 aromatic heterocycles. The van der Waals surface area contributed by atoms with Crippen molar-refractivity contribution in [1.82, 2.24) is 5.32 Å². The number of aliphatic hydroxyl groups excluding tert-OH is 1. The first-order valence-corrected chi connectivity index (χ1v) is 10.3. The zero-order valence-electron chi connectivity index (χ0n) is 17.0. The molecule has 1 aromatic rings. The van der Waals surface area contributed by atoms with Crippen LogP contribution in [0.1, 0.15) is 76.5 Å². The summed E-state index contributed by atoms with van der Waals surface area (Å²) in [5.41, 5.74) is 1.99. The van der Waals surface area contributed by atoms with Crippen LogP contribution in [0.2, 0.25) is 5.02 Å². The van der Waals surface area contributed by atoms with E-state index in [0.717, 1.165) is 43.2 Å². The highest BCUT2D eigenvalue weighted by atomic mass is 35.5. The summed E-state index contributed by atoms with van der Waals surface area (Å²) >= 11 is 6.46. The van der Waals surface area contributed by atoms with E-state index < -0.39 is 5.54 Å². The second-order valence-electron chi connectivity index (χ2n) is 7.14. The average molecular weight is 388 g/mol. The van der Waals surface area contributed by atoms with Crippen molar-refractivity contribution < 1.29 is 9.90 Å². The molecule has 4 heteroatoms. The maximum absolute atomic E-state index is 12.7. The molecule has 1 heterocycles. The summed E-state index contributed by atoms with van der Waals surface area (Å²) in [5.74, 6) is 6.44. The molecule has 1 fully saturated rings. The summed E-state index contributed by atoms with van der Waals surface area (Å²) in [6.45, 7) is 9.86. The van der Waals surface area contributed by atoms with Crippen LogP contribution < -0.4 is 5.32 Å². The fourth-order valence-corrected chi connectivity index (χ4v) is 4.50. The Labute approximate surface area is 168 Å². The zero-order chi connectivity index (χ0) is 20.2. The van der Waals surface area contributed by atoms with Crippen molar-refractivity contribution in [1.29, 1.82) is 0 Å². The molecule has 0 atom stereocenters. The largest absolute Gasteiger partial charge is 0.509 e. The van der Waals surface area contributed by atoms with Crippen LogP contribution in [-0.4, -0.2) is 16.6 Å². The topological polar surface area (TPSA) is 49.3 Å². The van der Waals surface area contributed by atoms with Crippen molar-refractivity contribution >= 4 is 23.1 Å². The van der Waals surface area contributed by atoms with Crippen LogP contribution >= 0.6 is 11.6 Å². The van der Waals surface area contributed by atoms with Crippen molar-refractivity contribution in [3.8, 4) is 11.8 Å². The molecule has 1 aromatic carbocycles. The van der Waals surface area contributed by atoms with Gasteiger partial charge in [-0.3, -0.25) is 4.79 Å². The number of carbonyl (C=O) groups excluding carboxylic acids is 1. The third kappa shape index (κ3) is 4.01. The van der Waals surface area contributed by atoms with Gasteiger partial charge < -0.3 is 10.4 Å². The van der Waals surface area contributed by atoms with E-state index in [1.54, 1.807) is 13.0 Å². The monoisotopic (exact) mass is 387 g/mol. The van der Waals surface area contributed by atoms with Crippen molar-refractivity contribution in [2.45, 2.75) is 72.3 Å². The number of nitrogens with one attached hydrogen (secondary N) is 1. The lowest BCUT2D eigenvalue weighted by Gasteiger charge is -2.36. The SMILES string of the molecule is CC.CC#Cc1cc(C)c(C2=C(O)C3(CCC(CC)CC3)NC2=O)c(Cl)c1. The highest BCUT2D eigenvalue weighted by molar-refractivity contribution is 6.36. The fraction of sp³-hybridized carbons (Fsp3) is 0.522. The van der Waals surface area contributed by atoms with Crippen LogP contribution in [0.5, 0.6) is 0 Å². The van der Waals surface area contributed by atoms with Crippen LogP contribution in [0.15, 0.2) is 17.9 Å². The van der Waals surface area contributed by atoms with E-state index in [9.17, 15) is 9.90 Å². The number of benzene rings is 1. The minimum Gasteiger partial charge on any atom is -0.509 e. The fourth-order valence-electron chi connectivity index (χ4n) is 4.14. The quantitative estimate of drug-likeness (QED) is 0.631. The van der Waals surface area contributed by atoms with E-state index in [2.05, 4.69) is 24.1 Å². The van der Waals surface area contributed by atoms with Crippen molar-refractivity contribution in [3.05, 3.63) is 39.6 Å². The number of aryl methyl sites for hydroxylation is 1. The predicted octanol–water partition coefficient (Wildman–Crippen LogP) is 5.78. The molecule has 3 nitrogen and oxygen atoms in total. The van der Waals surface area contributed by atoms with Gasteiger partial charge in [-0.1, -0.05) is 44.7 Å². The number of hydrogen-bond donors (Lipinski definition) is 2. The van der Waals surface area contributed by atoms with Crippen molar-refractivity contribution in [3.63, 3.8) is 0 Å². The molecule has 146 valence electrons. The minimum absolute atomic E-state index is 0.159. The zero-order valence-corrected chi connectivity index (χ0v) is 17.8. The molecule has 0 unspecified atom stereocenters. The van der Waals surface area contributed by atoms with E-state index in [0.29, 0.717) is 22.1 Å². The number of rotatable bonds is 2. The van der Waals surface area contributed by atoms with Crippen LogP contribution in [0.25, 0.3) is 5.57 Å².